The first-order valence-electron chi connectivity index (χ1n) is 5.63. The van der Waals surface area contributed by atoms with Crippen molar-refractivity contribution in [3.8, 4) is 5.82 Å². The highest BCUT2D eigenvalue weighted by atomic mass is 16.2. The van der Waals surface area contributed by atoms with Gasteiger partial charge in [-0.3, -0.25) is 9.36 Å². The summed E-state index contributed by atoms with van der Waals surface area (Å²) in [5, 5.41) is 5.65. The molecule has 2 aromatic heterocycles. The highest BCUT2D eigenvalue weighted by Gasteiger charge is 2.10. The molecule has 1 amide bonds. The predicted molar refractivity (Wildman–Crippen MR) is 68.5 cm³/mol. The molecule has 2 N–H and O–H groups in total. The van der Waals surface area contributed by atoms with Crippen LogP contribution in [-0.4, -0.2) is 33.5 Å². The fourth-order valence-electron chi connectivity index (χ4n) is 1.39. The third-order valence-electron chi connectivity index (χ3n) is 2.61. The Bertz CT molecular complexity index is 506. The molecule has 0 spiro atoms. The Morgan fingerprint density at radius 1 is 1.44 bits per heavy atom. The number of carbonyl (C=O) groups is 1. The molecule has 6 nitrogen and oxygen atoms in total. The van der Waals surface area contributed by atoms with Gasteiger partial charge >= 0.3 is 0 Å². The lowest BCUT2D eigenvalue weighted by Gasteiger charge is -2.11. The normalized spacial score (nSPS) is 12.1. The summed E-state index contributed by atoms with van der Waals surface area (Å²) in [4.78, 5) is 19.8. The quantitative estimate of drug-likeness (QED) is 0.836. The Labute approximate surface area is 105 Å². The first kappa shape index (κ1) is 12.3. The van der Waals surface area contributed by atoms with Gasteiger partial charge in [0.15, 0.2) is 0 Å². The van der Waals surface area contributed by atoms with Crippen LogP contribution in [0.4, 0.5) is 5.69 Å². The van der Waals surface area contributed by atoms with Gasteiger partial charge in [-0.15, -0.1) is 0 Å². The molecule has 18 heavy (non-hydrogen) atoms. The third-order valence-corrected chi connectivity index (χ3v) is 2.61. The van der Waals surface area contributed by atoms with E-state index in [1.165, 1.54) is 0 Å². The summed E-state index contributed by atoms with van der Waals surface area (Å²) in [7, 11) is 1.74. The molecule has 1 atom stereocenters. The van der Waals surface area contributed by atoms with E-state index in [1.807, 2.05) is 18.3 Å². The molecule has 0 saturated heterocycles. The van der Waals surface area contributed by atoms with Crippen LogP contribution in [0.3, 0.4) is 0 Å². The average Bonchev–Trinajstić information content (AvgIpc) is 2.92. The summed E-state index contributed by atoms with van der Waals surface area (Å²) in [6.45, 7) is 1.79. The third kappa shape index (κ3) is 2.72. The predicted octanol–water partition coefficient (Wildman–Crippen LogP) is 0.814. The summed E-state index contributed by atoms with van der Waals surface area (Å²) in [6.07, 6.45) is 6.79. The molecule has 94 valence electrons. The number of pyridine rings is 1. The Kier molecular flexibility index (Phi) is 3.69. The summed E-state index contributed by atoms with van der Waals surface area (Å²) < 4.78 is 1.79. The second-order valence-corrected chi connectivity index (χ2v) is 3.87. The molecule has 0 aliphatic heterocycles. The van der Waals surface area contributed by atoms with E-state index in [0.29, 0.717) is 5.69 Å². The number of hydrogen-bond acceptors (Lipinski definition) is 4. The van der Waals surface area contributed by atoms with Crippen molar-refractivity contribution in [2.24, 2.45) is 0 Å². The number of carbonyl (C=O) groups excluding carboxylic acids is 1. The lowest BCUT2D eigenvalue weighted by molar-refractivity contribution is -0.117. The van der Waals surface area contributed by atoms with Crippen LogP contribution in [-0.2, 0) is 4.79 Å². The number of nitrogens with one attached hydrogen (secondary N) is 2. The molecule has 0 aromatic carbocycles. The van der Waals surface area contributed by atoms with Crippen molar-refractivity contribution in [2.75, 3.05) is 12.4 Å². The largest absolute Gasteiger partial charge is 0.323 e. The van der Waals surface area contributed by atoms with Gasteiger partial charge in [0.25, 0.3) is 0 Å². The second-order valence-electron chi connectivity index (χ2n) is 3.87. The van der Waals surface area contributed by atoms with E-state index in [4.69, 9.17) is 0 Å². The zero-order chi connectivity index (χ0) is 13.0. The van der Waals surface area contributed by atoms with Crippen molar-refractivity contribution >= 4 is 11.6 Å². The molecule has 2 heterocycles. The molecule has 0 aliphatic rings. The van der Waals surface area contributed by atoms with Crippen LogP contribution < -0.4 is 10.6 Å². The number of rotatable bonds is 4. The maximum atomic E-state index is 11.6. The number of nitrogens with zero attached hydrogens (tertiary/aromatic N) is 3. The minimum Gasteiger partial charge on any atom is -0.323 e. The van der Waals surface area contributed by atoms with E-state index >= 15 is 0 Å². The summed E-state index contributed by atoms with van der Waals surface area (Å²) in [6, 6.07) is 3.39. The second kappa shape index (κ2) is 5.42. The van der Waals surface area contributed by atoms with Gasteiger partial charge in [0.2, 0.25) is 5.91 Å². The van der Waals surface area contributed by atoms with E-state index in [2.05, 4.69) is 20.6 Å². The molecule has 2 aromatic rings. The highest BCUT2D eigenvalue weighted by molar-refractivity contribution is 5.94. The number of imidazole rings is 1. The maximum absolute atomic E-state index is 11.6. The van der Waals surface area contributed by atoms with Gasteiger partial charge < -0.3 is 10.6 Å². The van der Waals surface area contributed by atoms with E-state index < -0.39 is 0 Å². The lowest BCUT2D eigenvalue weighted by atomic mass is 10.3. The van der Waals surface area contributed by atoms with E-state index in [1.54, 1.807) is 37.3 Å². The molecular formula is C12H15N5O. The number of likely N-dealkylation sites (N-methyl/N-ethyl adjacent to an activating group) is 1. The highest BCUT2D eigenvalue weighted by Crippen LogP contribution is 2.09. The maximum Gasteiger partial charge on any atom is 0.241 e. The van der Waals surface area contributed by atoms with E-state index in [0.717, 1.165) is 5.82 Å². The SMILES string of the molecule is CNC(C)C(=O)Nc1ccc(-n2ccnc2)nc1. The lowest BCUT2D eigenvalue weighted by Crippen LogP contribution is -2.35. The number of hydrogen-bond donors (Lipinski definition) is 2. The Hall–Kier alpha value is -2.21. The van der Waals surface area contributed by atoms with Crippen molar-refractivity contribution in [2.45, 2.75) is 13.0 Å². The summed E-state index contributed by atoms with van der Waals surface area (Å²) in [5.74, 6) is 0.668. The number of aromatic nitrogens is 3. The van der Waals surface area contributed by atoms with Gasteiger partial charge in [-0.25, -0.2) is 9.97 Å². The smallest absolute Gasteiger partial charge is 0.241 e. The molecule has 6 heteroatoms. The molecule has 0 saturated carbocycles. The fraction of sp³-hybridized carbons (Fsp3) is 0.250. The van der Waals surface area contributed by atoms with Gasteiger partial charge in [0.05, 0.1) is 17.9 Å². The van der Waals surface area contributed by atoms with Crippen LogP contribution >= 0.6 is 0 Å². The average molecular weight is 245 g/mol. The van der Waals surface area contributed by atoms with Crippen LogP contribution in [0, 0.1) is 0 Å². The van der Waals surface area contributed by atoms with E-state index in [-0.39, 0.29) is 11.9 Å². The topological polar surface area (TPSA) is 71.8 Å². The molecule has 0 radical (unpaired) electrons. The Morgan fingerprint density at radius 2 is 2.28 bits per heavy atom. The first-order valence-corrected chi connectivity index (χ1v) is 5.63. The van der Waals surface area contributed by atoms with Crippen LogP contribution in [0.15, 0.2) is 37.1 Å². The number of anilines is 1. The molecule has 0 bridgehead atoms. The summed E-state index contributed by atoms with van der Waals surface area (Å²) >= 11 is 0. The van der Waals surface area contributed by atoms with Crippen LogP contribution in [0.5, 0.6) is 0 Å². The van der Waals surface area contributed by atoms with Gasteiger partial charge in [-0.2, -0.15) is 0 Å². The molecule has 1 unspecified atom stereocenters. The van der Waals surface area contributed by atoms with Crippen molar-refractivity contribution in [1.29, 1.82) is 0 Å². The standard InChI is InChI=1S/C12H15N5O/c1-9(13-2)12(18)16-10-3-4-11(15-7-10)17-6-5-14-8-17/h3-9,13H,1-2H3,(H,16,18). The van der Waals surface area contributed by atoms with Crippen molar-refractivity contribution in [3.05, 3.63) is 37.1 Å². The van der Waals surface area contributed by atoms with E-state index in [9.17, 15) is 4.79 Å². The zero-order valence-corrected chi connectivity index (χ0v) is 10.3. The van der Waals surface area contributed by atoms with Crippen LogP contribution in [0.1, 0.15) is 6.92 Å². The first-order chi connectivity index (χ1) is 8.70. The fourth-order valence-corrected chi connectivity index (χ4v) is 1.39. The van der Waals surface area contributed by atoms with Gasteiger partial charge in [-0.1, -0.05) is 0 Å². The molecule has 2 rings (SSSR count). The minimum absolute atomic E-state index is 0.0883. The number of amides is 1. The van der Waals surface area contributed by atoms with Gasteiger partial charge in [-0.05, 0) is 26.1 Å². The minimum atomic E-state index is -0.238. The van der Waals surface area contributed by atoms with Gasteiger partial charge in [0, 0.05) is 12.4 Å². The van der Waals surface area contributed by atoms with Crippen molar-refractivity contribution in [1.82, 2.24) is 19.9 Å². The monoisotopic (exact) mass is 245 g/mol. The Balaban J connectivity index is 2.06. The molecular weight excluding hydrogens is 230 g/mol. The van der Waals surface area contributed by atoms with Crippen LogP contribution in [0.2, 0.25) is 0 Å². The zero-order valence-electron chi connectivity index (χ0n) is 10.3. The van der Waals surface area contributed by atoms with Crippen molar-refractivity contribution < 1.29 is 4.79 Å². The van der Waals surface area contributed by atoms with Crippen LogP contribution in [0.25, 0.3) is 5.82 Å². The van der Waals surface area contributed by atoms with Crippen molar-refractivity contribution in [3.63, 3.8) is 0 Å². The Morgan fingerprint density at radius 3 is 2.83 bits per heavy atom. The van der Waals surface area contributed by atoms with Gasteiger partial charge in [0.1, 0.15) is 12.1 Å². The molecule has 0 aliphatic carbocycles. The summed E-state index contributed by atoms with van der Waals surface area (Å²) in [5.41, 5.74) is 0.672. The molecule has 0 fully saturated rings.